The lowest BCUT2D eigenvalue weighted by Gasteiger charge is -2.01. The van der Waals surface area contributed by atoms with Crippen molar-refractivity contribution in [1.29, 1.82) is 0 Å². The molecule has 0 aliphatic rings. The molecule has 1 amide bonds. The van der Waals surface area contributed by atoms with Gasteiger partial charge in [0.15, 0.2) is 0 Å². The third kappa shape index (κ3) is 2.30. The van der Waals surface area contributed by atoms with Gasteiger partial charge in [0, 0.05) is 17.7 Å². The normalized spacial score (nSPS) is 10.4. The van der Waals surface area contributed by atoms with Crippen LogP contribution in [0, 0.1) is 6.92 Å². The van der Waals surface area contributed by atoms with Gasteiger partial charge in [0.1, 0.15) is 10.7 Å². The van der Waals surface area contributed by atoms with Crippen molar-refractivity contribution >= 4 is 38.3 Å². The third-order valence-electron chi connectivity index (χ3n) is 1.95. The van der Waals surface area contributed by atoms with Gasteiger partial charge in [0.25, 0.3) is 5.91 Å². The zero-order valence-corrected chi connectivity index (χ0v) is 11.1. The van der Waals surface area contributed by atoms with Crippen LogP contribution in [0.4, 0.5) is 5.13 Å². The van der Waals surface area contributed by atoms with E-state index < -0.39 is 0 Å². The highest BCUT2D eigenvalue weighted by Crippen LogP contribution is 2.17. The molecule has 5 nitrogen and oxygen atoms in total. The van der Waals surface area contributed by atoms with E-state index in [9.17, 15) is 4.79 Å². The Hall–Kier alpha value is -1.21. The molecule has 7 heteroatoms. The summed E-state index contributed by atoms with van der Waals surface area (Å²) in [6.07, 6.45) is 1.82. The zero-order chi connectivity index (χ0) is 11.7. The Kier molecular flexibility index (Phi) is 3.06. The second kappa shape index (κ2) is 4.34. The molecule has 0 saturated heterocycles. The van der Waals surface area contributed by atoms with E-state index in [4.69, 9.17) is 0 Å². The van der Waals surface area contributed by atoms with E-state index in [0.717, 1.165) is 9.48 Å². The summed E-state index contributed by atoms with van der Waals surface area (Å²) in [4.78, 5) is 11.8. The number of aromatic nitrogens is 3. The van der Waals surface area contributed by atoms with Crippen molar-refractivity contribution in [3.63, 3.8) is 0 Å². The summed E-state index contributed by atoms with van der Waals surface area (Å²) in [5, 5.41) is 11.7. The average Bonchev–Trinajstić information content (AvgIpc) is 2.73. The van der Waals surface area contributed by atoms with Crippen molar-refractivity contribution in [2.75, 3.05) is 5.32 Å². The number of nitrogens with zero attached hydrogens (tertiary/aromatic N) is 3. The number of amides is 1. The van der Waals surface area contributed by atoms with Crippen LogP contribution in [0.1, 0.15) is 15.5 Å². The van der Waals surface area contributed by atoms with Gasteiger partial charge in [-0.15, -0.1) is 10.2 Å². The Morgan fingerprint density at radius 2 is 2.31 bits per heavy atom. The molecule has 2 rings (SSSR count). The second-order valence-electron chi connectivity index (χ2n) is 3.23. The Bertz CT molecular complexity index is 533. The first-order valence-electron chi connectivity index (χ1n) is 4.49. The van der Waals surface area contributed by atoms with Gasteiger partial charge in [-0.25, -0.2) is 0 Å². The van der Waals surface area contributed by atoms with Crippen molar-refractivity contribution in [1.82, 2.24) is 14.8 Å². The lowest BCUT2D eigenvalue weighted by atomic mass is 10.4. The molecular weight excluding hydrogens is 292 g/mol. The number of rotatable bonds is 2. The van der Waals surface area contributed by atoms with E-state index >= 15 is 0 Å². The predicted molar refractivity (Wildman–Crippen MR) is 65.7 cm³/mol. The summed E-state index contributed by atoms with van der Waals surface area (Å²) in [5.74, 6) is -0.190. The second-order valence-corrected chi connectivity index (χ2v) is 5.33. The molecule has 2 heterocycles. The zero-order valence-electron chi connectivity index (χ0n) is 8.69. The van der Waals surface area contributed by atoms with E-state index in [2.05, 4.69) is 31.4 Å². The number of hydrogen-bond acceptors (Lipinski definition) is 4. The summed E-state index contributed by atoms with van der Waals surface area (Å²) in [6, 6.07) is 1.75. The molecule has 0 aromatic carbocycles. The minimum Gasteiger partial charge on any atom is -0.345 e. The molecule has 84 valence electrons. The molecule has 0 bridgehead atoms. The molecule has 0 fully saturated rings. The van der Waals surface area contributed by atoms with Crippen LogP contribution in [0.5, 0.6) is 0 Å². The fourth-order valence-corrected chi connectivity index (χ4v) is 2.37. The average molecular weight is 301 g/mol. The predicted octanol–water partition coefficient (Wildman–Crippen LogP) is 2.20. The third-order valence-corrected chi connectivity index (χ3v) is 3.14. The van der Waals surface area contributed by atoms with Crippen molar-refractivity contribution in [2.45, 2.75) is 6.92 Å². The van der Waals surface area contributed by atoms with E-state index in [1.54, 1.807) is 10.6 Å². The first-order chi connectivity index (χ1) is 7.56. The van der Waals surface area contributed by atoms with Gasteiger partial charge in [-0.3, -0.25) is 10.1 Å². The van der Waals surface area contributed by atoms with Gasteiger partial charge in [-0.2, -0.15) is 0 Å². The maximum Gasteiger partial charge on any atom is 0.274 e. The molecule has 1 N–H and O–H groups in total. The van der Waals surface area contributed by atoms with Crippen LogP contribution in [0.3, 0.4) is 0 Å². The fraction of sp³-hybridized carbons (Fsp3) is 0.222. The van der Waals surface area contributed by atoms with Gasteiger partial charge in [0.2, 0.25) is 5.13 Å². The Morgan fingerprint density at radius 1 is 1.56 bits per heavy atom. The molecule has 2 aromatic rings. The number of nitrogens with one attached hydrogen (secondary N) is 1. The molecule has 0 unspecified atom stereocenters. The molecule has 2 aromatic heterocycles. The van der Waals surface area contributed by atoms with E-state index in [-0.39, 0.29) is 5.91 Å². The van der Waals surface area contributed by atoms with Crippen molar-refractivity contribution in [2.24, 2.45) is 7.05 Å². The number of hydrogen-bond donors (Lipinski definition) is 1. The highest BCUT2D eigenvalue weighted by Gasteiger charge is 2.12. The standard InChI is InChI=1S/C9H9BrN4OS/c1-5-12-13-9(16-5)11-8(15)7-3-6(10)4-14(7)2/h3-4H,1-2H3,(H,11,13,15). The molecule has 0 radical (unpaired) electrons. The largest absolute Gasteiger partial charge is 0.345 e. The van der Waals surface area contributed by atoms with Crippen molar-refractivity contribution < 1.29 is 4.79 Å². The number of carbonyl (C=O) groups excluding carboxylic acids is 1. The molecule has 0 atom stereocenters. The summed E-state index contributed by atoms with van der Waals surface area (Å²) >= 11 is 4.66. The molecule has 0 spiro atoms. The van der Waals surface area contributed by atoms with E-state index in [1.165, 1.54) is 11.3 Å². The van der Waals surface area contributed by atoms with Crippen molar-refractivity contribution in [3.8, 4) is 0 Å². The van der Waals surface area contributed by atoms with Gasteiger partial charge in [0.05, 0.1) is 0 Å². The van der Waals surface area contributed by atoms with Crippen LogP contribution in [0.25, 0.3) is 0 Å². The molecular formula is C9H9BrN4OS. The summed E-state index contributed by atoms with van der Waals surface area (Å²) in [5.41, 5.74) is 0.569. The van der Waals surface area contributed by atoms with Gasteiger partial charge >= 0.3 is 0 Å². The van der Waals surface area contributed by atoms with Crippen LogP contribution in [-0.4, -0.2) is 20.7 Å². The smallest absolute Gasteiger partial charge is 0.274 e. The summed E-state index contributed by atoms with van der Waals surface area (Å²) < 4.78 is 2.61. The molecule has 0 aliphatic carbocycles. The maximum absolute atomic E-state index is 11.8. The lowest BCUT2D eigenvalue weighted by Crippen LogP contribution is -2.15. The summed E-state index contributed by atoms with van der Waals surface area (Å²) in [7, 11) is 1.81. The van der Waals surface area contributed by atoms with Crippen LogP contribution in [0.2, 0.25) is 0 Å². The van der Waals surface area contributed by atoms with Gasteiger partial charge in [-0.05, 0) is 28.9 Å². The maximum atomic E-state index is 11.8. The number of aryl methyl sites for hydroxylation is 2. The SMILES string of the molecule is Cc1nnc(NC(=O)c2cc(Br)cn2C)s1. The Balaban J connectivity index is 2.17. The molecule has 0 aliphatic heterocycles. The Morgan fingerprint density at radius 3 is 2.81 bits per heavy atom. The quantitative estimate of drug-likeness (QED) is 0.925. The van der Waals surface area contributed by atoms with Crippen LogP contribution < -0.4 is 5.32 Å². The number of halogens is 1. The summed E-state index contributed by atoms with van der Waals surface area (Å²) in [6.45, 7) is 1.84. The van der Waals surface area contributed by atoms with Gasteiger partial charge < -0.3 is 4.57 Å². The first kappa shape index (κ1) is 11.3. The minimum atomic E-state index is -0.190. The number of carbonyl (C=O) groups is 1. The van der Waals surface area contributed by atoms with Crippen LogP contribution in [0.15, 0.2) is 16.7 Å². The van der Waals surface area contributed by atoms with Crippen LogP contribution in [-0.2, 0) is 7.05 Å². The van der Waals surface area contributed by atoms with E-state index in [0.29, 0.717) is 10.8 Å². The van der Waals surface area contributed by atoms with E-state index in [1.807, 2.05) is 20.2 Å². The highest BCUT2D eigenvalue weighted by molar-refractivity contribution is 9.10. The first-order valence-corrected chi connectivity index (χ1v) is 6.10. The van der Waals surface area contributed by atoms with Gasteiger partial charge in [-0.1, -0.05) is 11.3 Å². The monoisotopic (exact) mass is 300 g/mol. The molecule has 16 heavy (non-hydrogen) atoms. The lowest BCUT2D eigenvalue weighted by molar-refractivity contribution is 0.101. The topological polar surface area (TPSA) is 59.8 Å². The minimum absolute atomic E-state index is 0.190. The fourth-order valence-electron chi connectivity index (χ4n) is 1.26. The highest BCUT2D eigenvalue weighted by atomic mass is 79.9. The molecule has 0 saturated carbocycles. The van der Waals surface area contributed by atoms with Crippen LogP contribution >= 0.6 is 27.3 Å². The van der Waals surface area contributed by atoms with Crippen molar-refractivity contribution in [3.05, 3.63) is 27.4 Å². The Labute approximate surface area is 105 Å². The number of anilines is 1.